The normalized spacial score (nSPS) is 26.6. The van der Waals surface area contributed by atoms with Crippen LogP contribution in [0.3, 0.4) is 0 Å². The lowest BCUT2D eigenvalue weighted by Crippen LogP contribution is -2.05. The molecule has 0 unspecified atom stereocenters. The van der Waals surface area contributed by atoms with Gasteiger partial charge in [0.1, 0.15) is 20.2 Å². The van der Waals surface area contributed by atoms with Crippen LogP contribution in [-0.2, 0) is 4.74 Å². The van der Waals surface area contributed by atoms with Crippen molar-refractivity contribution in [2.75, 3.05) is 6.61 Å². The zero-order valence-electron chi connectivity index (χ0n) is 4.87. The highest BCUT2D eigenvalue weighted by atomic mass is 16.5. The minimum absolute atomic E-state index is 0.0602. The number of hydrogen-bond donors (Lipinski definition) is 2. The summed E-state index contributed by atoms with van der Waals surface area (Å²) in [4.78, 5) is 0. The minimum atomic E-state index is -0.479. The van der Waals surface area contributed by atoms with E-state index in [1.54, 1.807) is 0 Å². The van der Waals surface area contributed by atoms with Gasteiger partial charge in [0, 0.05) is 6.42 Å². The molecular formula is C5H7BO3. The average Bonchev–Trinajstić information content (AvgIpc) is 2.10. The van der Waals surface area contributed by atoms with Crippen LogP contribution in [0.2, 0.25) is 0 Å². The summed E-state index contributed by atoms with van der Waals surface area (Å²) in [5.74, 6) is 0.257. The van der Waals surface area contributed by atoms with E-state index in [2.05, 4.69) is 0 Å². The molecule has 0 aliphatic carbocycles. The first kappa shape index (κ1) is 6.48. The molecule has 0 aromatic heterocycles. The molecule has 1 rings (SSSR count). The number of rotatable bonds is 1. The fourth-order valence-corrected chi connectivity index (χ4v) is 0.725. The van der Waals surface area contributed by atoms with Crippen LogP contribution in [0.5, 0.6) is 0 Å². The monoisotopic (exact) mass is 126 g/mol. The van der Waals surface area contributed by atoms with Crippen LogP contribution in [-0.4, -0.2) is 30.7 Å². The first-order chi connectivity index (χ1) is 4.24. The Hall–Kier alpha value is -0.635. The summed E-state index contributed by atoms with van der Waals surface area (Å²) in [7, 11) is 5.26. The molecule has 0 saturated heterocycles. The van der Waals surface area contributed by atoms with Gasteiger partial charge >= 0.3 is 0 Å². The average molecular weight is 126 g/mol. The highest BCUT2D eigenvalue weighted by Gasteiger charge is 2.19. The lowest BCUT2D eigenvalue weighted by atomic mass is 9.98. The Morgan fingerprint density at radius 3 is 2.67 bits per heavy atom. The molecule has 2 radical (unpaired) electrons. The zero-order valence-corrected chi connectivity index (χ0v) is 4.87. The Kier molecular flexibility index (Phi) is 1.66. The molecule has 0 spiro atoms. The van der Waals surface area contributed by atoms with Crippen LogP contribution in [0.25, 0.3) is 0 Å². The molecule has 48 valence electrons. The van der Waals surface area contributed by atoms with Gasteiger partial charge in [0.25, 0.3) is 0 Å². The van der Waals surface area contributed by atoms with Crippen molar-refractivity contribution in [1.82, 2.24) is 0 Å². The van der Waals surface area contributed by atoms with Gasteiger partial charge in [-0.15, -0.1) is 0 Å². The van der Waals surface area contributed by atoms with E-state index in [1.165, 1.54) is 0 Å². The molecule has 0 fully saturated rings. The molecule has 1 aliphatic heterocycles. The van der Waals surface area contributed by atoms with E-state index in [0.717, 1.165) is 0 Å². The van der Waals surface area contributed by atoms with E-state index in [0.29, 0.717) is 6.42 Å². The van der Waals surface area contributed by atoms with Crippen LogP contribution in [0.1, 0.15) is 6.42 Å². The van der Waals surface area contributed by atoms with Gasteiger partial charge < -0.3 is 14.9 Å². The van der Waals surface area contributed by atoms with Crippen molar-refractivity contribution in [3.05, 3.63) is 11.5 Å². The second kappa shape index (κ2) is 2.31. The Balaban J connectivity index is 2.58. The van der Waals surface area contributed by atoms with Crippen LogP contribution in [0, 0.1) is 0 Å². The Bertz CT molecular complexity index is 143. The van der Waals surface area contributed by atoms with E-state index in [1.807, 2.05) is 0 Å². The standard InChI is InChI=1S/C5H7BO3/c6-5-1-3(8)4(2-7)9-5/h5,7-8H,1-2H2/t5-/m1/s1. The van der Waals surface area contributed by atoms with Crippen LogP contribution in [0.15, 0.2) is 11.5 Å². The molecule has 9 heavy (non-hydrogen) atoms. The van der Waals surface area contributed by atoms with Gasteiger partial charge in [0.15, 0.2) is 5.76 Å². The van der Waals surface area contributed by atoms with E-state index < -0.39 is 6.00 Å². The Morgan fingerprint density at radius 1 is 1.78 bits per heavy atom. The van der Waals surface area contributed by atoms with Crippen LogP contribution < -0.4 is 0 Å². The van der Waals surface area contributed by atoms with Gasteiger partial charge in [-0.25, -0.2) is 0 Å². The highest BCUT2D eigenvalue weighted by Crippen LogP contribution is 2.19. The Labute approximate surface area is 54.4 Å². The van der Waals surface area contributed by atoms with Gasteiger partial charge in [0.2, 0.25) is 0 Å². The molecule has 3 nitrogen and oxygen atoms in total. The third-order valence-electron chi connectivity index (χ3n) is 1.15. The molecule has 0 saturated carbocycles. The fraction of sp³-hybridized carbons (Fsp3) is 0.600. The van der Waals surface area contributed by atoms with Gasteiger partial charge in [-0.2, -0.15) is 0 Å². The molecule has 0 aromatic carbocycles. The van der Waals surface area contributed by atoms with Crippen molar-refractivity contribution in [2.45, 2.75) is 12.4 Å². The number of ether oxygens (including phenoxy) is 1. The summed E-state index contributed by atoms with van der Waals surface area (Å²) in [6.07, 6.45) is 0.301. The topological polar surface area (TPSA) is 49.7 Å². The van der Waals surface area contributed by atoms with Crippen molar-refractivity contribution >= 4 is 7.85 Å². The fourth-order valence-electron chi connectivity index (χ4n) is 0.725. The lowest BCUT2D eigenvalue weighted by molar-refractivity contribution is 0.161. The van der Waals surface area contributed by atoms with E-state index in [9.17, 15) is 0 Å². The van der Waals surface area contributed by atoms with Gasteiger partial charge in [-0.1, -0.05) is 0 Å². The van der Waals surface area contributed by atoms with Gasteiger partial charge in [0.05, 0.1) is 6.00 Å². The summed E-state index contributed by atoms with van der Waals surface area (Å²) in [5, 5.41) is 17.3. The van der Waals surface area contributed by atoms with Gasteiger partial charge in [-0.3, -0.25) is 0 Å². The van der Waals surface area contributed by atoms with E-state index in [4.69, 9.17) is 22.8 Å². The molecule has 1 aliphatic rings. The largest absolute Gasteiger partial charge is 0.509 e. The van der Waals surface area contributed by atoms with E-state index in [-0.39, 0.29) is 18.1 Å². The summed E-state index contributed by atoms with van der Waals surface area (Å²) < 4.78 is 4.78. The second-order valence-corrected chi connectivity index (χ2v) is 1.89. The molecule has 0 amide bonds. The predicted molar refractivity (Wildman–Crippen MR) is 32.0 cm³/mol. The molecule has 4 heteroatoms. The van der Waals surface area contributed by atoms with Crippen molar-refractivity contribution in [2.24, 2.45) is 0 Å². The van der Waals surface area contributed by atoms with Gasteiger partial charge in [-0.05, 0) is 0 Å². The molecule has 2 N–H and O–H groups in total. The molecule has 1 heterocycles. The smallest absolute Gasteiger partial charge is 0.158 e. The molecule has 0 aromatic rings. The van der Waals surface area contributed by atoms with Crippen molar-refractivity contribution in [3.8, 4) is 0 Å². The maximum atomic E-state index is 8.87. The summed E-state index contributed by atoms with van der Waals surface area (Å²) in [6, 6.07) is -0.479. The van der Waals surface area contributed by atoms with Crippen LogP contribution in [0.4, 0.5) is 0 Å². The highest BCUT2D eigenvalue weighted by molar-refractivity contribution is 6.11. The van der Waals surface area contributed by atoms with E-state index >= 15 is 0 Å². The number of hydrogen-bond acceptors (Lipinski definition) is 3. The number of aliphatic hydroxyl groups is 2. The predicted octanol–water partition coefficient (Wildman–Crippen LogP) is -0.337. The Morgan fingerprint density at radius 2 is 2.44 bits per heavy atom. The summed E-state index contributed by atoms with van der Waals surface area (Å²) in [5.41, 5.74) is 0. The quantitative estimate of drug-likeness (QED) is 0.472. The maximum Gasteiger partial charge on any atom is 0.158 e. The second-order valence-electron chi connectivity index (χ2n) is 1.89. The number of aliphatic hydroxyl groups excluding tert-OH is 2. The zero-order chi connectivity index (χ0) is 6.85. The van der Waals surface area contributed by atoms with Crippen molar-refractivity contribution < 1.29 is 14.9 Å². The minimum Gasteiger partial charge on any atom is -0.509 e. The van der Waals surface area contributed by atoms with Crippen molar-refractivity contribution in [1.29, 1.82) is 0 Å². The van der Waals surface area contributed by atoms with Crippen molar-refractivity contribution in [3.63, 3.8) is 0 Å². The van der Waals surface area contributed by atoms with Crippen LogP contribution >= 0.6 is 0 Å². The summed E-state index contributed by atoms with van der Waals surface area (Å²) in [6.45, 7) is -0.278. The third kappa shape index (κ3) is 1.19. The lowest BCUT2D eigenvalue weighted by Gasteiger charge is -2.03. The first-order valence-electron chi connectivity index (χ1n) is 2.68. The third-order valence-corrected chi connectivity index (χ3v) is 1.15. The first-order valence-corrected chi connectivity index (χ1v) is 2.68. The molecule has 1 atom stereocenters. The maximum absolute atomic E-state index is 8.87. The SMILES string of the molecule is [B][C@H]1CC(O)=C(CO)O1. The molecular weight excluding hydrogens is 119 g/mol. The summed E-state index contributed by atoms with van der Waals surface area (Å²) >= 11 is 0. The molecule has 0 bridgehead atoms.